The number of pyridine rings is 1. The van der Waals surface area contributed by atoms with Gasteiger partial charge in [0.05, 0.1) is 5.69 Å². The maximum atomic E-state index is 12.9. The maximum absolute atomic E-state index is 12.9. The molecule has 4 nitrogen and oxygen atoms in total. The number of rotatable bonds is 3. The molecule has 0 aliphatic heterocycles. The fourth-order valence-electron chi connectivity index (χ4n) is 5.53. The van der Waals surface area contributed by atoms with Gasteiger partial charge in [-0.3, -0.25) is 9.78 Å². The predicted molar refractivity (Wildman–Crippen MR) is 94.5 cm³/mol. The molecule has 0 atom stereocenters. The molecule has 2 aromatic rings. The molecule has 1 N–H and O–H groups in total. The van der Waals surface area contributed by atoms with Crippen LogP contribution in [0.3, 0.4) is 0 Å². The second-order valence-electron chi connectivity index (χ2n) is 7.72. The minimum atomic E-state index is 0.208. The molecule has 4 aliphatic carbocycles. The highest BCUT2D eigenvalue weighted by Gasteiger charge is 2.50. The average molecular weight is 339 g/mol. The summed E-state index contributed by atoms with van der Waals surface area (Å²) in [5, 5.41) is 5.84. The summed E-state index contributed by atoms with van der Waals surface area (Å²) in [6, 6.07) is 3.89. The van der Waals surface area contributed by atoms with E-state index in [4.69, 9.17) is 0 Å². The number of hydrogen-bond acceptors (Lipinski definition) is 4. The SMILES string of the molecule is O=C(Nc1nc(-c2ccncc2)cs1)C1C2CC3CC(C2)CC1C3. The Morgan fingerprint density at radius 1 is 1.04 bits per heavy atom. The molecule has 5 heteroatoms. The molecule has 124 valence electrons. The van der Waals surface area contributed by atoms with Crippen LogP contribution in [0.5, 0.6) is 0 Å². The lowest BCUT2D eigenvalue weighted by atomic mass is 9.51. The zero-order chi connectivity index (χ0) is 16.1. The summed E-state index contributed by atoms with van der Waals surface area (Å²) in [5.74, 6) is 3.44. The third-order valence-electron chi connectivity index (χ3n) is 6.24. The van der Waals surface area contributed by atoms with Crippen LogP contribution in [0.2, 0.25) is 0 Å². The van der Waals surface area contributed by atoms with Gasteiger partial charge in [-0.25, -0.2) is 4.98 Å². The molecule has 1 amide bonds. The van der Waals surface area contributed by atoms with E-state index >= 15 is 0 Å². The number of carbonyl (C=O) groups excluding carboxylic acids is 1. The summed E-state index contributed by atoms with van der Waals surface area (Å²) in [6.07, 6.45) is 10.0. The average Bonchev–Trinajstić information content (AvgIpc) is 3.03. The van der Waals surface area contributed by atoms with Crippen molar-refractivity contribution in [3.63, 3.8) is 0 Å². The van der Waals surface area contributed by atoms with Gasteiger partial charge in [0.25, 0.3) is 0 Å². The van der Waals surface area contributed by atoms with Crippen molar-refractivity contribution in [2.24, 2.45) is 29.6 Å². The lowest BCUT2D eigenvalue weighted by Crippen LogP contribution is -2.49. The van der Waals surface area contributed by atoms with Crippen molar-refractivity contribution in [2.75, 3.05) is 5.32 Å². The van der Waals surface area contributed by atoms with Gasteiger partial charge in [0, 0.05) is 29.3 Å². The molecule has 2 heterocycles. The number of aromatic nitrogens is 2. The summed E-state index contributed by atoms with van der Waals surface area (Å²) in [5.41, 5.74) is 1.94. The van der Waals surface area contributed by atoms with Crippen molar-refractivity contribution in [3.8, 4) is 11.3 Å². The second-order valence-corrected chi connectivity index (χ2v) is 8.58. The van der Waals surface area contributed by atoms with Crippen LogP contribution in [-0.4, -0.2) is 15.9 Å². The molecule has 0 unspecified atom stereocenters. The Morgan fingerprint density at radius 3 is 2.38 bits per heavy atom. The van der Waals surface area contributed by atoms with Gasteiger partial charge < -0.3 is 5.32 Å². The molecule has 0 aromatic carbocycles. The summed E-state index contributed by atoms with van der Waals surface area (Å²) in [6.45, 7) is 0. The molecule has 6 rings (SSSR count). The fourth-order valence-corrected chi connectivity index (χ4v) is 6.25. The van der Waals surface area contributed by atoms with Crippen LogP contribution in [0, 0.1) is 29.6 Å². The molecule has 4 aliphatic rings. The number of amides is 1. The van der Waals surface area contributed by atoms with Crippen LogP contribution in [0.4, 0.5) is 5.13 Å². The van der Waals surface area contributed by atoms with E-state index in [9.17, 15) is 4.79 Å². The summed E-state index contributed by atoms with van der Waals surface area (Å²) >= 11 is 1.51. The molecule has 4 saturated carbocycles. The van der Waals surface area contributed by atoms with Crippen molar-refractivity contribution in [1.29, 1.82) is 0 Å². The van der Waals surface area contributed by atoms with E-state index in [2.05, 4.69) is 15.3 Å². The lowest BCUT2D eigenvalue weighted by molar-refractivity contribution is -0.132. The summed E-state index contributed by atoms with van der Waals surface area (Å²) in [4.78, 5) is 21.5. The van der Waals surface area contributed by atoms with Gasteiger partial charge in [0.15, 0.2) is 5.13 Å². The van der Waals surface area contributed by atoms with Gasteiger partial charge in [-0.1, -0.05) is 0 Å². The first-order valence-electron chi connectivity index (χ1n) is 8.93. The Kier molecular flexibility index (Phi) is 3.44. The first-order valence-corrected chi connectivity index (χ1v) is 9.81. The van der Waals surface area contributed by atoms with E-state index in [0.29, 0.717) is 11.8 Å². The predicted octanol–water partition coefficient (Wildman–Crippen LogP) is 4.22. The molecular formula is C19H21N3OS. The van der Waals surface area contributed by atoms with E-state index < -0.39 is 0 Å². The van der Waals surface area contributed by atoms with Crippen LogP contribution in [0.25, 0.3) is 11.3 Å². The molecule has 2 aromatic heterocycles. The highest BCUT2D eigenvalue weighted by molar-refractivity contribution is 7.14. The van der Waals surface area contributed by atoms with Crippen LogP contribution in [-0.2, 0) is 4.79 Å². The highest BCUT2D eigenvalue weighted by atomic mass is 32.1. The Balaban J connectivity index is 1.32. The number of carbonyl (C=O) groups is 1. The van der Waals surface area contributed by atoms with Crippen LogP contribution >= 0.6 is 11.3 Å². The Bertz CT molecular complexity index is 729. The standard InChI is InChI=1S/C19H21N3OS/c23-18(17-14-6-11-5-12(8-14)9-15(17)7-11)22-19-21-16(10-24-19)13-1-3-20-4-2-13/h1-4,10-12,14-15,17H,5-9H2,(H,21,22,23). The Hall–Kier alpha value is -1.75. The number of thiazole rings is 1. The highest BCUT2D eigenvalue weighted by Crippen LogP contribution is 2.56. The maximum Gasteiger partial charge on any atom is 0.229 e. The number of nitrogens with one attached hydrogen (secondary N) is 1. The number of nitrogens with zero attached hydrogens (tertiary/aromatic N) is 2. The summed E-state index contributed by atoms with van der Waals surface area (Å²) in [7, 11) is 0. The van der Waals surface area contributed by atoms with Crippen molar-refractivity contribution in [1.82, 2.24) is 9.97 Å². The summed E-state index contributed by atoms with van der Waals surface area (Å²) < 4.78 is 0. The molecule has 24 heavy (non-hydrogen) atoms. The van der Waals surface area contributed by atoms with Gasteiger partial charge in [-0.05, 0) is 67.9 Å². The quantitative estimate of drug-likeness (QED) is 0.911. The van der Waals surface area contributed by atoms with Gasteiger partial charge in [0.2, 0.25) is 5.91 Å². The van der Waals surface area contributed by atoms with Gasteiger partial charge in [-0.2, -0.15) is 0 Å². The van der Waals surface area contributed by atoms with Gasteiger partial charge in [-0.15, -0.1) is 11.3 Å². The van der Waals surface area contributed by atoms with E-state index in [1.165, 1.54) is 43.4 Å². The van der Waals surface area contributed by atoms with Crippen LogP contribution < -0.4 is 5.32 Å². The molecule has 4 bridgehead atoms. The smallest absolute Gasteiger partial charge is 0.229 e. The zero-order valence-electron chi connectivity index (χ0n) is 13.5. The third-order valence-corrected chi connectivity index (χ3v) is 7.00. The van der Waals surface area contributed by atoms with Gasteiger partial charge >= 0.3 is 0 Å². The molecule has 0 radical (unpaired) electrons. The first-order chi connectivity index (χ1) is 11.8. The molecule has 0 spiro atoms. The largest absolute Gasteiger partial charge is 0.302 e. The Labute approximate surface area is 145 Å². The number of hydrogen-bond donors (Lipinski definition) is 1. The Morgan fingerprint density at radius 2 is 1.71 bits per heavy atom. The van der Waals surface area contributed by atoms with E-state index in [-0.39, 0.29) is 11.8 Å². The molecule has 0 saturated heterocycles. The zero-order valence-corrected chi connectivity index (χ0v) is 14.3. The molecule has 4 fully saturated rings. The van der Waals surface area contributed by atoms with Gasteiger partial charge in [0.1, 0.15) is 0 Å². The van der Waals surface area contributed by atoms with Crippen molar-refractivity contribution < 1.29 is 4.79 Å². The van der Waals surface area contributed by atoms with Crippen molar-refractivity contribution in [3.05, 3.63) is 29.9 Å². The molecular weight excluding hydrogens is 318 g/mol. The minimum Gasteiger partial charge on any atom is -0.302 e. The van der Waals surface area contributed by atoms with Crippen molar-refractivity contribution in [2.45, 2.75) is 32.1 Å². The topological polar surface area (TPSA) is 54.9 Å². The monoisotopic (exact) mass is 339 g/mol. The first kappa shape index (κ1) is 14.6. The normalized spacial score (nSPS) is 33.6. The fraction of sp³-hybridized carbons (Fsp3) is 0.526. The van der Waals surface area contributed by atoms with E-state index in [1.54, 1.807) is 12.4 Å². The van der Waals surface area contributed by atoms with Crippen molar-refractivity contribution >= 4 is 22.4 Å². The lowest BCUT2D eigenvalue weighted by Gasteiger charge is -2.53. The second kappa shape index (κ2) is 5.66. The third kappa shape index (κ3) is 2.46. The number of anilines is 1. The van der Waals surface area contributed by atoms with E-state index in [1.807, 2.05) is 17.5 Å². The van der Waals surface area contributed by atoms with Crippen LogP contribution in [0.1, 0.15) is 32.1 Å². The minimum absolute atomic E-state index is 0.208. The van der Waals surface area contributed by atoms with E-state index in [0.717, 1.165) is 28.2 Å². The van der Waals surface area contributed by atoms with Crippen LogP contribution in [0.15, 0.2) is 29.9 Å².